The summed E-state index contributed by atoms with van der Waals surface area (Å²) in [5, 5.41) is 4.96. The lowest BCUT2D eigenvalue weighted by molar-refractivity contribution is 0.130. The van der Waals surface area contributed by atoms with Gasteiger partial charge in [0.05, 0.1) is 10.0 Å². The van der Waals surface area contributed by atoms with E-state index < -0.39 is 0 Å². The molecule has 2 rings (SSSR count). The number of hydrogen-bond acceptors (Lipinski definition) is 1. The molecule has 1 aromatic carbocycles. The normalized spacial score (nSPS) is 17.5. The Balaban J connectivity index is 2.03. The minimum atomic E-state index is 0.406. The quantitative estimate of drug-likeness (QED) is 0.747. The van der Waals surface area contributed by atoms with Crippen LogP contribution >= 0.6 is 23.2 Å². The van der Waals surface area contributed by atoms with Gasteiger partial charge < -0.3 is 5.32 Å². The van der Waals surface area contributed by atoms with Gasteiger partial charge in [-0.3, -0.25) is 0 Å². The SMILES string of the molecule is CCCNCC1(Cc2cccc(Cl)c2Cl)CCC1. The Morgan fingerprint density at radius 3 is 2.67 bits per heavy atom. The monoisotopic (exact) mass is 285 g/mol. The Morgan fingerprint density at radius 1 is 1.28 bits per heavy atom. The molecule has 1 aromatic rings. The van der Waals surface area contributed by atoms with E-state index in [4.69, 9.17) is 23.2 Å². The maximum absolute atomic E-state index is 6.29. The van der Waals surface area contributed by atoms with Gasteiger partial charge in [0.15, 0.2) is 0 Å². The van der Waals surface area contributed by atoms with Crippen LogP contribution in [0.1, 0.15) is 38.2 Å². The van der Waals surface area contributed by atoms with Crippen molar-refractivity contribution < 1.29 is 0 Å². The Labute approximate surface area is 120 Å². The summed E-state index contributed by atoms with van der Waals surface area (Å²) in [4.78, 5) is 0. The average Bonchev–Trinajstić information content (AvgIpc) is 2.31. The third-order valence-corrected chi connectivity index (χ3v) is 4.80. The summed E-state index contributed by atoms with van der Waals surface area (Å²) < 4.78 is 0. The number of nitrogens with one attached hydrogen (secondary N) is 1. The van der Waals surface area contributed by atoms with Crippen LogP contribution in [0.3, 0.4) is 0 Å². The summed E-state index contributed by atoms with van der Waals surface area (Å²) in [6, 6.07) is 5.96. The van der Waals surface area contributed by atoms with Crippen LogP contribution in [0.15, 0.2) is 18.2 Å². The highest BCUT2D eigenvalue weighted by atomic mass is 35.5. The molecule has 1 N–H and O–H groups in total. The summed E-state index contributed by atoms with van der Waals surface area (Å²) >= 11 is 12.4. The number of hydrogen-bond donors (Lipinski definition) is 1. The topological polar surface area (TPSA) is 12.0 Å². The summed E-state index contributed by atoms with van der Waals surface area (Å²) in [5.41, 5.74) is 1.60. The molecule has 1 nitrogen and oxygen atoms in total. The number of rotatable bonds is 6. The van der Waals surface area contributed by atoms with Crippen LogP contribution in [0.25, 0.3) is 0 Å². The zero-order valence-corrected chi connectivity index (χ0v) is 12.4. The molecule has 1 aliphatic rings. The molecule has 100 valence electrons. The van der Waals surface area contributed by atoms with E-state index in [9.17, 15) is 0 Å². The Bertz CT molecular complexity index is 399. The molecule has 0 heterocycles. The van der Waals surface area contributed by atoms with Crippen molar-refractivity contribution in [2.24, 2.45) is 5.41 Å². The molecular formula is C15H21Cl2N. The molecule has 1 saturated carbocycles. The van der Waals surface area contributed by atoms with E-state index in [1.165, 1.54) is 31.2 Å². The first kappa shape index (κ1) is 14.2. The Morgan fingerprint density at radius 2 is 2.06 bits per heavy atom. The van der Waals surface area contributed by atoms with Crippen molar-refractivity contribution in [1.82, 2.24) is 5.32 Å². The maximum Gasteiger partial charge on any atom is 0.0624 e. The van der Waals surface area contributed by atoms with Gasteiger partial charge in [0.1, 0.15) is 0 Å². The van der Waals surface area contributed by atoms with Crippen molar-refractivity contribution in [2.45, 2.75) is 39.0 Å². The lowest BCUT2D eigenvalue weighted by Crippen LogP contribution is -2.42. The van der Waals surface area contributed by atoms with E-state index in [2.05, 4.69) is 18.3 Å². The van der Waals surface area contributed by atoms with E-state index in [-0.39, 0.29) is 0 Å². The minimum absolute atomic E-state index is 0.406. The molecular weight excluding hydrogens is 265 g/mol. The fraction of sp³-hybridized carbons (Fsp3) is 0.600. The van der Waals surface area contributed by atoms with Gasteiger partial charge in [0.25, 0.3) is 0 Å². The van der Waals surface area contributed by atoms with Crippen LogP contribution < -0.4 is 5.32 Å². The molecule has 0 radical (unpaired) electrons. The van der Waals surface area contributed by atoms with E-state index in [0.29, 0.717) is 10.4 Å². The van der Waals surface area contributed by atoms with Crippen molar-refractivity contribution in [3.63, 3.8) is 0 Å². The van der Waals surface area contributed by atoms with Gasteiger partial charge >= 0.3 is 0 Å². The zero-order valence-electron chi connectivity index (χ0n) is 10.9. The molecule has 0 saturated heterocycles. The van der Waals surface area contributed by atoms with E-state index >= 15 is 0 Å². The summed E-state index contributed by atoms with van der Waals surface area (Å²) in [6.45, 7) is 4.41. The first-order chi connectivity index (χ1) is 8.67. The molecule has 18 heavy (non-hydrogen) atoms. The predicted molar refractivity (Wildman–Crippen MR) is 79.6 cm³/mol. The van der Waals surface area contributed by atoms with Crippen molar-refractivity contribution in [2.75, 3.05) is 13.1 Å². The smallest absolute Gasteiger partial charge is 0.0624 e. The molecule has 0 aromatic heterocycles. The number of halogens is 2. The molecule has 0 amide bonds. The zero-order chi connectivity index (χ0) is 13.0. The second-order valence-corrected chi connectivity index (χ2v) is 6.21. The van der Waals surface area contributed by atoms with Gasteiger partial charge in [0.2, 0.25) is 0 Å². The first-order valence-electron chi connectivity index (χ1n) is 6.80. The van der Waals surface area contributed by atoms with Crippen LogP contribution in [0.4, 0.5) is 0 Å². The first-order valence-corrected chi connectivity index (χ1v) is 7.56. The second kappa shape index (κ2) is 6.27. The van der Waals surface area contributed by atoms with Gasteiger partial charge in [-0.25, -0.2) is 0 Å². The molecule has 1 fully saturated rings. The van der Waals surface area contributed by atoms with Crippen LogP contribution in [-0.4, -0.2) is 13.1 Å². The van der Waals surface area contributed by atoms with Crippen LogP contribution in [0.2, 0.25) is 10.0 Å². The minimum Gasteiger partial charge on any atom is -0.316 e. The maximum atomic E-state index is 6.29. The molecule has 0 bridgehead atoms. The summed E-state index contributed by atoms with van der Waals surface area (Å²) in [7, 11) is 0. The van der Waals surface area contributed by atoms with Gasteiger partial charge in [-0.05, 0) is 49.3 Å². The van der Waals surface area contributed by atoms with Crippen molar-refractivity contribution >= 4 is 23.2 Å². The largest absolute Gasteiger partial charge is 0.316 e. The van der Waals surface area contributed by atoms with Crippen molar-refractivity contribution in [1.29, 1.82) is 0 Å². The molecule has 1 aliphatic carbocycles. The predicted octanol–water partition coefficient (Wildman–Crippen LogP) is 4.71. The third kappa shape index (κ3) is 3.20. The molecule has 0 unspecified atom stereocenters. The molecule has 0 spiro atoms. The lowest BCUT2D eigenvalue weighted by atomic mass is 9.65. The van der Waals surface area contributed by atoms with Gasteiger partial charge in [-0.1, -0.05) is 48.7 Å². The fourth-order valence-corrected chi connectivity index (χ4v) is 3.10. The van der Waals surface area contributed by atoms with E-state index in [1.807, 2.05) is 12.1 Å². The third-order valence-electron chi connectivity index (χ3n) is 3.94. The number of benzene rings is 1. The highest BCUT2D eigenvalue weighted by molar-refractivity contribution is 6.42. The average molecular weight is 286 g/mol. The second-order valence-electron chi connectivity index (χ2n) is 5.42. The van der Waals surface area contributed by atoms with E-state index in [0.717, 1.165) is 24.5 Å². The van der Waals surface area contributed by atoms with Gasteiger partial charge in [-0.2, -0.15) is 0 Å². The van der Waals surface area contributed by atoms with Crippen molar-refractivity contribution in [3.8, 4) is 0 Å². The van der Waals surface area contributed by atoms with E-state index in [1.54, 1.807) is 0 Å². The molecule has 3 heteroatoms. The Hall–Kier alpha value is -0.240. The highest BCUT2D eigenvalue weighted by Gasteiger charge is 2.37. The van der Waals surface area contributed by atoms with Crippen LogP contribution in [0, 0.1) is 5.41 Å². The van der Waals surface area contributed by atoms with Crippen LogP contribution in [0.5, 0.6) is 0 Å². The highest BCUT2D eigenvalue weighted by Crippen LogP contribution is 2.44. The van der Waals surface area contributed by atoms with Gasteiger partial charge in [-0.15, -0.1) is 0 Å². The van der Waals surface area contributed by atoms with Gasteiger partial charge in [0, 0.05) is 6.54 Å². The lowest BCUT2D eigenvalue weighted by Gasteiger charge is -2.42. The summed E-state index contributed by atoms with van der Waals surface area (Å²) in [5.74, 6) is 0. The van der Waals surface area contributed by atoms with Crippen molar-refractivity contribution in [3.05, 3.63) is 33.8 Å². The standard InChI is InChI=1S/C15H21Cl2N/c1-2-9-18-11-15(7-4-8-15)10-12-5-3-6-13(16)14(12)17/h3,5-6,18H,2,4,7-11H2,1H3. The van der Waals surface area contributed by atoms with Crippen LogP contribution in [-0.2, 0) is 6.42 Å². The molecule has 0 atom stereocenters. The Kier molecular flexibility index (Phi) is 4.94. The molecule has 0 aliphatic heterocycles. The summed E-state index contributed by atoms with van der Waals surface area (Å²) in [6.07, 6.45) is 6.17. The fourth-order valence-electron chi connectivity index (χ4n) is 2.71.